The maximum absolute atomic E-state index is 13.1. The van der Waals surface area contributed by atoms with E-state index in [1.54, 1.807) is 18.2 Å². The molecule has 0 spiro atoms. The first kappa shape index (κ1) is 13.9. The summed E-state index contributed by atoms with van der Waals surface area (Å²) < 4.78 is 13.9. The van der Waals surface area contributed by atoms with Gasteiger partial charge in [-0.3, -0.25) is 0 Å². The lowest BCUT2D eigenvalue weighted by molar-refractivity contribution is 0.318. The fraction of sp³-hybridized carbons (Fsp3) is 0. The van der Waals surface area contributed by atoms with Crippen molar-refractivity contribution in [3.8, 4) is 0 Å². The summed E-state index contributed by atoms with van der Waals surface area (Å²) in [7, 11) is 0. The van der Waals surface area contributed by atoms with Crippen molar-refractivity contribution in [3.63, 3.8) is 0 Å². The van der Waals surface area contributed by atoms with Gasteiger partial charge in [0.15, 0.2) is 5.84 Å². The van der Waals surface area contributed by atoms with Crippen LogP contribution in [0.15, 0.2) is 61.9 Å². The van der Waals surface area contributed by atoms with E-state index in [-0.39, 0.29) is 11.7 Å². The Balaban J connectivity index is 2.27. The van der Waals surface area contributed by atoms with Gasteiger partial charge in [-0.05, 0) is 52.3 Å². The van der Waals surface area contributed by atoms with E-state index in [0.717, 1.165) is 14.3 Å². The van der Waals surface area contributed by atoms with Crippen molar-refractivity contribution in [3.05, 3.63) is 58.3 Å². The molecule has 98 valence electrons. The lowest BCUT2D eigenvalue weighted by Crippen LogP contribution is -2.12. The van der Waals surface area contributed by atoms with Crippen LogP contribution >= 0.6 is 27.7 Å². The van der Waals surface area contributed by atoms with Gasteiger partial charge in [0.1, 0.15) is 5.82 Å². The summed E-state index contributed by atoms with van der Waals surface area (Å²) in [6.45, 7) is 0. The third-order valence-electron chi connectivity index (χ3n) is 2.36. The van der Waals surface area contributed by atoms with E-state index in [4.69, 9.17) is 10.9 Å². The zero-order chi connectivity index (χ0) is 13.8. The van der Waals surface area contributed by atoms with E-state index in [0.29, 0.717) is 5.56 Å². The van der Waals surface area contributed by atoms with Gasteiger partial charge < -0.3 is 10.9 Å². The summed E-state index contributed by atoms with van der Waals surface area (Å²) in [6, 6.07) is 11.7. The number of oxime groups is 1. The average Bonchev–Trinajstić information content (AvgIpc) is 2.40. The number of nitrogens with zero attached hydrogens (tertiary/aromatic N) is 1. The van der Waals surface area contributed by atoms with Gasteiger partial charge in [0.05, 0.1) is 0 Å². The number of hydrogen-bond donors (Lipinski definition) is 2. The van der Waals surface area contributed by atoms with Crippen LogP contribution in [0.1, 0.15) is 5.56 Å². The van der Waals surface area contributed by atoms with Crippen LogP contribution in [-0.2, 0) is 0 Å². The zero-order valence-electron chi connectivity index (χ0n) is 9.68. The SMILES string of the molecule is N/C(=N/O)c1ccc(Sc2cccc(F)c2)c(Br)c1. The molecule has 0 atom stereocenters. The molecule has 0 aromatic heterocycles. The Morgan fingerprint density at radius 2 is 2.05 bits per heavy atom. The topological polar surface area (TPSA) is 58.6 Å². The van der Waals surface area contributed by atoms with Crippen molar-refractivity contribution < 1.29 is 9.60 Å². The molecule has 0 amide bonds. The first-order valence-electron chi connectivity index (χ1n) is 5.31. The standard InChI is InChI=1S/C13H10BrFN2OS/c14-11-6-8(13(16)17-18)4-5-12(11)19-10-3-1-2-9(15)7-10/h1-7,18H,(H2,16,17). The lowest BCUT2D eigenvalue weighted by atomic mass is 10.2. The largest absolute Gasteiger partial charge is 0.409 e. The third kappa shape index (κ3) is 3.48. The number of rotatable bonds is 3. The molecule has 0 unspecified atom stereocenters. The normalized spacial score (nSPS) is 11.6. The van der Waals surface area contributed by atoms with Gasteiger partial charge in [0.25, 0.3) is 0 Å². The first-order chi connectivity index (χ1) is 9.10. The molecule has 19 heavy (non-hydrogen) atoms. The second-order valence-electron chi connectivity index (χ2n) is 3.69. The van der Waals surface area contributed by atoms with E-state index in [2.05, 4.69) is 21.1 Å². The van der Waals surface area contributed by atoms with E-state index in [1.165, 1.54) is 23.9 Å². The minimum atomic E-state index is -0.269. The number of amidine groups is 1. The van der Waals surface area contributed by atoms with Gasteiger partial charge in [-0.25, -0.2) is 4.39 Å². The lowest BCUT2D eigenvalue weighted by Gasteiger charge is -2.06. The van der Waals surface area contributed by atoms with Crippen molar-refractivity contribution in [2.45, 2.75) is 9.79 Å². The van der Waals surface area contributed by atoms with E-state index in [9.17, 15) is 4.39 Å². The van der Waals surface area contributed by atoms with Crippen LogP contribution in [0, 0.1) is 5.82 Å². The highest BCUT2D eigenvalue weighted by Crippen LogP contribution is 2.34. The molecule has 6 heteroatoms. The molecule has 2 aromatic rings. The van der Waals surface area contributed by atoms with Crippen LogP contribution in [0.3, 0.4) is 0 Å². The minimum Gasteiger partial charge on any atom is -0.409 e. The molecule has 0 radical (unpaired) electrons. The molecular formula is C13H10BrFN2OS. The summed E-state index contributed by atoms with van der Waals surface area (Å²) in [5.41, 5.74) is 6.12. The van der Waals surface area contributed by atoms with Crippen LogP contribution < -0.4 is 5.73 Å². The highest BCUT2D eigenvalue weighted by atomic mass is 79.9. The molecule has 0 aliphatic rings. The van der Waals surface area contributed by atoms with Crippen molar-refractivity contribution in [2.75, 3.05) is 0 Å². The molecule has 0 aliphatic heterocycles. The summed E-state index contributed by atoms with van der Waals surface area (Å²) in [6.07, 6.45) is 0. The Morgan fingerprint density at radius 3 is 2.68 bits per heavy atom. The molecule has 0 aliphatic carbocycles. The maximum Gasteiger partial charge on any atom is 0.170 e. The average molecular weight is 341 g/mol. The molecule has 0 fully saturated rings. The van der Waals surface area contributed by atoms with E-state index < -0.39 is 0 Å². The highest BCUT2D eigenvalue weighted by Gasteiger charge is 2.06. The van der Waals surface area contributed by atoms with Crippen molar-refractivity contribution >= 4 is 33.5 Å². The number of hydrogen-bond acceptors (Lipinski definition) is 3. The molecule has 3 N–H and O–H groups in total. The van der Waals surface area contributed by atoms with Crippen LogP contribution in [0.2, 0.25) is 0 Å². The van der Waals surface area contributed by atoms with Gasteiger partial charge >= 0.3 is 0 Å². The Morgan fingerprint density at radius 1 is 1.26 bits per heavy atom. The molecule has 2 aromatic carbocycles. The fourth-order valence-electron chi connectivity index (χ4n) is 1.46. The van der Waals surface area contributed by atoms with Crippen molar-refractivity contribution in [1.29, 1.82) is 0 Å². The summed E-state index contributed by atoms with van der Waals surface area (Å²) >= 11 is 4.84. The smallest absolute Gasteiger partial charge is 0.170 e. The minimum absolute atomic E-state index is 0.0444. The summed E-state index contributed by atoms with van der Waals surface area (Å²) in [4.78, 5) is 1.72. The summed E-state index contributed by atoms with van der Waals surface area (Å²) in [5, 5.41) is 11.6. The fourth-order valence-corrected chi connectivity index (χ4v) is 2.94. The van der Waals surface area contributed by atoms with Gasteiger partial charge in [-0.15, -0.1) is 0 Å². The van der Waals surface area contributed by atoms with Crippen LogP contribution in [0.25, 0.3) is 0 Å². The van der Waals surface area contributed by atoms with Gasteiger partial charge in [-0.1, -0.05) is 23.0 Å². The van der Waals surface area contributed by atoms with Crippen LogP contribution in [0.4, 0.5) is 4.39 Å². The van der Waals surface area contributed by atoms with Gasteiger partial charge in [0, 0.05) is 19.8 Å². The quantitative estimate of drug-likeness (QED) is 0.386. The molecule has 0 saturated carbocycles. The molecule has 0 saturated heterocycles. The van der Waals surface area contributed by atoms with Crippen LogP contribution in [0.5, 0.6) is 0 Å². The Bertz CT molecular complexity index is 634. The van der Waals surface area contributed by atoms with Crippen LogP contribution in [-0.4, -0.2) is 11.0 Å². The predicted octanol–water partition coefficient (Wildman–Crippen LogP) is 3.83. The molecule has 0 heterocycles. The maximum atomic E-state index is 13.1. The first-order valence-corrected chi connectivity index (χ1v) is 6.92. The van der Waals surface area contributed by atoms with Gasteiger partial charge in [-0.2, -0.15) is 0 Å². The number of halogens is 2. The predicted molar refractivity (Wildman–Crippen MR) is 77.2 cm³/mol. The second kappa shape index (κ2) is 6.08. The van der Waals surface area contributed by atoms with Gasteiger partial charge in [0.2, 0.25) is 0 Å². The Hall–Kier alpha value is -1.53. The second-order valence-corrected chi connectivity index (χ2v) is 5.66. The van der Waals surface area contributed by atoms with Crippen molar-refractivity contribution in [1.82, 2.24) is 0 Å². The zero-order valence-corrected chi connectivity index (χ0v) is 12.1. The third-order valence-corrected chi connectivity index (χ3v) is 4.34. The Kier molecular flexibility index (Phi) is 4.44. The molecular weight excluding hydrogens is 331 g/mol. The van der Waals surface area contributed by atoms with E-state index in [1.807, 2.05) is 12.1 Å². The summed E-state index contributed by atoms with van der Waals surface area (Å²) in [5.74, 6) is -0.225. The monoisotopic (exact) mass is 340 g/mol. The highest BCUT2D eigenvalue weighted by molar-refractivity contribution is 9.10. The van der Waals surface area contributed by atoms with E-state index >= 15 is 0 Å². The Labute approximate surface area is 122 Å². The molecule has 0 bridgehead atoms. The molecule has 3 nitrogen and oxygen atoms in total. The number of nitrogens with two attached hydrogens (primary N) is 1. The number of benzene rings is 2. The molecule has 2 rings (SSSR count). The van der Waals surface area contributed by atoms with Crippen molar-refractivity contribution in [2.24, 2.45) is 10.9 Å².